The van der Waals surface area contributed by atoms with Gasteiger partial charge in [0.25, 0.3) is 11.5 Å². The number of aliphatic hydroxyl groups is 1. The molecule has 6 heteroatoms. The van der Waals surface area contributed by atoms with Gasteiger partial charge in [-0.05, 0) is 25.8 Å². The molecule has 0 radical (unpaired) electrons. The highest BCUT2D eigenvalue weighted by atomic mass is 16.3. The number of carbonyl (C=O) groups is 1. The smallest absolute Gasteiger partial charge is 0.277 e. The molecule has 1 aliphatic carbocycles. The molecule has 0 spiro atoms. The largest absolute Gasteiger partial charge is 0.392 e. The number of aliphatic hydroxyl groups excluding tert-OH is 1. The number of nitrogens with zero attached hydrogens (tertiary/aromatic N) is 1. The van der Waals surface area contributed by atoms with Crippen molar-refractivity contribution in [2.24, 2.45) is 5.41 Å². The van der Waals surface area contributed by atoms with Gasteiger partial charge in [-0.25, -0.2) is 5.10 Å². The van der Waals surface area contributed by atoms with Crippen LogP contribution in [0.1, 0.15) is 41.9 Å². The Bertz CT molecular complexity index is 577. The molecule has 0 bridgehead atoms. The zero-order valence-electron chi connectivity index (χ0n) is 11.6. The van der Waals surface area contributed by atoms with Crippen LogP contribution >= 0.6 is 0 Å². The number of hydrogen-bond acceptors (Lipinski definition) is 4. The number of aromatic nitrogens is 2. The van der Waals surface area contributed by atoms with Crippen molar-refractivity contribution in [1.82, 2.24) is 15.5 Å². The summed E-state index contributed by atoms with van der Waals surface area (Å²) in [5.74, 6) is -0.408. The Morgan fingerprint density at radius 2 is 2.11 bits per heavy atom. The van der Waals surface area contributed by atoms with E-state index in [1.165, 1.54) is 0 Å². The van der Waals surface area contributed by atoms with E-state index in [1.54, 1.807) is 13.8 Å². The maximum atomic E-state index is 12.2. The van der Waals surface area contributed by atoms with E-state index in [2.05, 4.69) is 15.5 Å². The minimum absolute atomic E-state index is 0.102. The predicted molar refractivity (Wildman–Crippen MR) is 70.0 cm³/mol. The average molecular weight is 265 g/mol. The van der Waals surface area contributed by atoms with Crippen LogP contribution in [0.25, 0.3) is 0 Å². The fourth-order valence-corrected chi connectivity index (χ4v) is 2.28. The van der Waals surface area contributed by atoms with Crippen LogP contribution in [0.15, 0.2) is 4.79 Å². The summed E-state index contributed by atoms with van der Waals surface area (Å²) in [7, 11) is 0. The highest BCUT2D eigenvalue weighted by molar-refractivity contribution is 5.95. The van der Waals surface area contributed by atoms with E-state index in [9.17, 15) is 14.7 Å². The molecule has 2 rings (SSSR count). The van der Waals surface area contributed by atoms with Gasteiger partial charge in [0.05, 0.1) is 11.8 Å². The quantitative estimate of drug-likeness (QED) is 0.715. The molecule has 2 unspecified atom stereocenters. The molecular weight excluding hydrogens is 246 g/mol. The summed E-state index contributed by atoms with van der Waals surface area (Å²) in [6.45, 7) is 7.22. The highest BCUT2D eigenvalue weighted by Crippen LogP contribution is 2.40. The minimum atomic E-state index is -0.488. The van der Waals surface area contributed by atoms with Crippen LogP contribution in [-0.4, -0.2) is 33.4 Å². The first-order valence-corrected chi connectivity index (χ1v) is 6.30. The lowest BCUT2D eigenvalue weighted by Gasteiger charge is -2.49. The first-order chi connectivity index (χ1) is 8.75. The van der Waals surface area contributed by atoms with Gasteiger partial charge in [0.15, 0.2) is 0 Å². The van der Waals surface area contributed by atoms with Crippen LogP contribution in [0.5, 0.6) is 0 Å². The van der Waals surface area contributed by atoms with E-state index in [0.29, 0.717) is 17.7 Å². The number of amides is 1. The van der Waals surface area contributed by atoms with E-state index in [1.807, 2.05) is 13.8 Å². The van der Waals surface area contributed by atoms with Crippen LogP contribution in [0, 0.1) is 19.3 Å². The van der Waals surface area contributed by atoms with Gasteiger partial charge in [-0.15, -0.1) is 0 Å². The molecule has 1 saturated carbocycles. The van der Waals surface area contributed by atoms with Crippen molar-refractivity contribution in [3.05, 3.63) is 27.2 Å². The number of carbonyl (C=O) groups excluding carboxylic acids is 1. The van der Waals surface area contributed by atoms with E-state index in [0.717, 1.165) is 0 Å². The monoisotopic (exact) mass is 265 g/mol. The van der Waals surface area contributed by atoms with Crippen LogP contribution in [0.2, 0.25) is 0 Å². The van der Waals surface area contributed by atoms with Crippen LogP contribution < -0.4 is 10.9 Å². The third kappa shape index (κ3) is 2.16. The van der Waals surface area contributed by atoms with Gasteiger partial charge in [0.1, 0.15) is 5.56 Å². The molecule has 1 amide bonds. The van der Waals surface area contributed by atoms with Crippen molar-refractivity contribution in [2.45, 2.75) is 46.3 Å². The van der Waals surface area contributed by atoms with Crippen LogP contribution in [-0.2, 0) is 0 Å². The van der Waals surface area contributed by atoms with Gasteiger partial charge < -0.3 is 10.4 Å². The molecule has 104 valence electrons. The Balaban J connectivity index is 2.23. The zero-order valence-corrected chi connectivity index (χ0v) is 11.6. The minimum Gasteiger partial charge on any atom is -0.392 e. The lowest BCUT2D eigenvalue weighted by Crippen LogP contribution is -2.61. The summed E-state index contributed by atoms with van der Waals surface area (Å²) in [6, 6.07) is -0.123. The highest BCUT2D eigenvalue weighted by Gasteiger charge is 2.48. The lowest BCUT2D eigenvalue weighted by molar-refractivity contribution is -0.0689. The van der Waals surface area contributed by atoms with Crippen molar-refractivity contribution >= 4 is 5.91 Å². The second-order valence-electron chi connectivity index (χ2n) is 5.74. The summed E-state index contributed by atoms with van der Waals surface area (Å²) < 4.78 is 0. The van der Waals surface area contributed by atoms with E-state index < -0.39 is 17.6 Å². The Labute approximate surface area is 111 Å². The Morgan fingerprint density at radius 1 is 1.47 bits per heavy atom. The first kappa shape index (κ1) is 13.7. The molecule has 1 aromatic rings. The standard InChI is InChI=1S/C13H19N3O3/c1-6-7(2)15-16-12(19)10(6)11(18)14-8-5-9(17)13(8,3)4/h8-9,17H,5H2,1-4H3,(H,14,18)(H,16,19). The van der Waals surface area contributed by atoms with Gasteiger partial charge >= 0.3 is 0 Å². The summed E-state index contributed by atoms with van der Waals surface area (Å²) in [4.78, 5) is 23.9. The van der Waals surface area contributed by atoms with Crippen LogP contribution in [0.3, 0.4) is 0 Å². The summed E-state index contributed by atoms with van der Waals surface area (Å²) in [5.41, 5.74) is 0.456. The fourth-order valence-electron chi connectivity index (χ4n) is 2.28. The zero-order chi connectivity index (χ0) is 14.4. The molecule has 2 atom stereocenters. The molecule has 1 aromatic heterocycles. The molecule has 3 N–H and O–H groups in total. The second-order valence-corrected chi connectivity index (χ2v) is 5.74. The number of rotatable bonds is 2. The Morgan fingerprint density at radius 3 is 2.63 bits per heavy atom. The van der Waals surface area contributed by atoms with E-state index in [4.69, 9.17) is 0 Å². The van der Waals surface area contributed by atoms with Crippen molar-refractivity contribution in [1.29, 1.82) is 0 Å². The molecular formula is C13H19N3O3. The van der Waals surface area contributed by atoms with Gasteiger partial charge in [0.2, 0.25) is 0 Å². The number of aromatic amines is 1. The molecule has 19 heavy (non-hydrogen) atoms. The molecule has 1 aliphatic rings. The fraction of sp³-hybridized carbons (Fsp3) is 0.615. The topological polar surface area (TPSA) is 95.1 Å². The Hall–Kier alpha value is -1.69. The maximum absolute atomic E-state index is 12.2. The van der Waals surface area contributed by atoms with Crippen molar-refractivity contribution in [3.8, 4) is 0 Å². The number of aryl methyl sites for hydroxylation is 1. The summed E-state index contributed by atoms with van der Waals surface area (Å²) >= 11 is 0. The summed E-state index contributed by atoms with van der Waals surface area (Å²) in [6.07, 6.45) is 0.0936. The van der Waals surface area contributed by atoms with Crippen molar-refractivity contribution in [3.63, 3.8) is 0 Å². The first-order valence-electron chi connectivity index (χ1n) is 6.30. The van der Waals surface area contributed by atoms with Gasteiger partial charge in [-0.2, -0.15) is 5.10 Å². The molecule has 0 aliphatic heterocycles. The van der Waals surface area contributed by atoms with E-state index in [-0.39, 0.29) is 17.0 Å². The maximum Gasteiger partial charge on any atom is 0.277 e. The predicted octanol–water partition coefficient (Wildman–Crippen LogP) is 0.276. The molecule has 0 aromatic carbocycles. The lowest BCUT2D eigenvalue weighted by atomic mass is 9.64. The summed E-state index contributed by atoms with van der Waals surface area (Å²) in [5, 5.41) is 18.6. The molecule has 6 nitrogen and oxygen atoms in total. The SMILES string of the molecule is Cc1n[nH]c(=O)c(C(=O)NC2CC(O)C2(C)C)c1C. The van der Waals surface area contributed by atoms with Gasteiger partial charge in [0, 0.05) is 11.5 Å². The second kappa shape index (κ2) is 4.45. The molecule has 0 saturated heterocycles. The Kier molecular flexibility index (Phi) is 3.22. The molecule has 1 fully saturated rings. The number of H-pyrrole nitrogens is 1. The number of hydrogen-bond donors (Lipinski definition) is 3. The van der Waals surface area contributed by atoms with Crippen molar-refractivity contribution < 1.29 is 9.90 Å². The van der Waals surface area contributed by atoms with E-state index >= 15 is 0 Å². The van der Waals surface area contributed by atoms with Crippen LogP contribution in [0.4, 0.5) is 0 Å². The molecule has 1 heterocycles. The third-order valence-corrected chi connectivity index (χ3v) is 4.22. The number of nitrogens with one attached hydrogen (secondary N) is 2. The normalized spacial score (nSPS) is 24.7. The average Bonchev–Trinajstić information content (AvgIpc) is 2.34. The third-order valence-electron chi connectivity index (χ3n) is 4.22. The van der Waals surface area contributed by atoms with Crippen molar-refractivity contribution in [2.75, 3.05) is 0 Å². The van der Waals surface area contributed by atoms with Gasteiger partial charge in [-0.1, -0.05) is 13.8 Å². The van der Waals surface area contributed by atoms with Gasteiger partial charge in [-0.3, -0.25) is 9.59 Å².